The maximum absolute atomic E-state index is 13.1. The zero-order valence-corrected chi connectivity index (χ0v) is 65.9. The van der Waals surface area contributed by atoms with Crippen LogP contribution >= 0.6 is 15.6 Å². The smallest absolute Gasteiger partial charge is 0.462 e. The molecule has 582 valence electrons. The van der Waals surface area contributed by atoms with Gasteiger partial charge in [0.15, 0.2) is 12.2 Å². The van der Waals surface area contributed by atoms with Crippen LogP contribution in [0.25, 0.3) is 0 Å². The van der Waals surface area contributed by atoms with Crippen molar-refractivity contribution in [3.63, 3.8) is 0 Å². The summed E-state index contributed by atoms with van der Waals surface area (Å²) in [6, 6.07) is 0. The van der Waals surface area contributed by atoms with Gasteiger partial charge in [-0.05, 0) is 37.5 Å². The topological polar surface area (TPSA) is 237 Å². The van der Waals surface area contributed by atoms with Crippen molar-refractivity contribution in [2.24, 2.45) is 11.8 Å². The van der Waals surface area contributed by atoms with Gasteiger partial charge >= 0.3 is 39.5 Å². The molecule has 6 atom stereocenters. The predicted octanol–water partition coefficient (Wildman–Crippen LogP) is 23.5. The first-order chi connectivity index (χ1) is 47.4. The van der Waals surface area contributed by atoms with E-state index in [0.29, 0.717) is 25.7 Å². The number of hydrogen-bond donors (Lipinski definition) is 3. The van der Waals surface area contributed by atoms with Gasteiger partial charge < -0.3 is 33.8 Å². The fourth-order valence-corrected chi connectivity index (χ4v) is 13.7. The molecule has 0 aliphatic heterocycles. The second-order valence-electron chi connectivity index (χ2n) is 29.2. The summed E-state index contributed by atoms with van der Waals surface area (Å²) >= 11 is 0. The predicted molar refractivity (Wildman–Crippen MR) is 400 cm³/mol. The minimum absolute atomic E-state index is 0.105. The zero-order valence-electron chi connectivity index (χ0n) is 64.1. The molecule has 0 aromatic rings. The van der Waals surface area contributed by atoms with Crippen molar-refractivity contribution in [2.75, 3.05) is 39.6 Å². The number of rotatable bonds is 78. The first kappa shape index (κ1) is 96.1. The van der Waals surface area contributed by atoms with E-state index in [4.69, 9.17) is 37.0 Å². The summed E-state index contributed by atoms with van der Waals surface area (Å²) in [5.41, 5.74) is 0. The van der Waals surface area contributed by atoms with Crippen molar-refractivity contribution in [2.45, 2.75) is 432 Å². The summed E-state index contributed by atoms with van der Waals surface area (Å²) in [4.78, 5) is 72.8. The Balaban J connectivity index is 5.18. The Morgan fingerprint density at radius 1 is 0.296 bits per heavy atom. The van der Waals surface area contributed by atoms with Gasteiger partial charge in [0.05, 0.1) is 26.4 Å². The first-order valence-electron chi connectivity index (χ1n) is 41.0. The van der Waals surface area contributed by atoms with Crippen molar-refractivity contribution in [1.82, 2.24) is 0 Å². The fraction of sp³-hybridized carbons (Fsp3) is 0.949. The number of carbonyl (C=O) groups is 4. The molecule has 0 fully saturated rings. The minimum Gasteiger partial charge on any atom is -0.462 e. The average molecular weight is 1440 g/mol. The van der Waals surface area contributed by atoms with E-state index in [0.717, 1.165) is 108 Å². The van der Waals surface area contributed by atoms with Gasteiger partial charge in [-0.15, -0.1) is 0 Å². The Hall–Kier alpha value is -1.94. The van der Waals surface area contributed by atoms with Crippen LogP contribution in [0.3, 0.4) is 0 Å². The summed E-state index contributed by atoms with van der Waals surface area (Å²) < 4.78 is 68.5. The lowest BCUT2D eigenvalue weighted by Crippen LogP contribution is -2.30. The minimum atomic E-state index is -4.96. The summed E-state index contributed by atoms with van der Waals surface area (Å²) in [6.07, 6.45) is 59.9. The molecule has 0 heterocycles. The van der Waals surface area contributed by atoms with Gasteiger partial charge in [0, 0.05) is 25.7 Å². The maximum atomic E-state index is 13.1. The molecule has 17 nitrogen and oxygen atoms in total. The standard InChI is InChI=1S/C79H154O17P2/c1-7-10-12-14-16-18-19-20-21-22-23-24-25-26-27-28-31-35-38-45-51-57-63-78(83)95-75(68-90-77(82)62-56-50-44-37-34-32-29-30-33-36-41-47-53-59-71(4)5)70-94-98(87,88)92-66-73(80)65-91-97(85,86)93-69-74(67-89-76(81)61-55-49-43-17-15-13-11-8-2)96-79(84)64-58-52-46-40-39-42-48-54-60-72(6)9-3/h71-75,80H,7-70H2,1-6H3,(H,85,86)(H,87,88)/t72?,73-,74+,75+/m0/s1. The number of aliphatic hydroxyl groups is 1. The van der Waals surface area contributed by atoms with E-state index >= 15 is 0 Å². The van der Waals surface area contributed by atoms with Gasteiger partial charge in [-0.1, -0.05) is 363 Å². The second kappa shape index (κ2) is 70.7. The van der Waals surface area contributed by atoms with Crippen LogP contribution in [0.15, 0.2) is 0 Å². The molecule has 0 aromatic carbocycles. The van der Waals surface area contributed by atoms with E-state index in [1.165, 1.54) is 225 Å². The SMILES string of the molecule is CCCCCCCCCCCCCCCCCCCCCCCCC(=O)O[C@H](COC(=O)CCCCCCCCCCCCCCCC(C)C)COP(=O)(O)OC[C@@H](O)COP(=O)(O)OC[C@@H](COC(=O)CCCCCCCCCC)OC(=O)CCCCCCCCCCC(C)CC. The van der Waals surface area contributed by atoms with Crippen LogP contribution in [0.5, 0.6) is 0 Å². The molecule has 0 bridgehead atoms. The molecule has 0 aliphatic carbocycles. The molecule has 0 amide bonds. The van der Waals surface area contributed by atoms with Crippen LogP contribution in [-0.2, 0) is 65.4 Å². The quantitative estimate of drug-likeness (QED) is 0.0222. The fourth-order valence-electron chi connectivity index (χ4n) is 12.2. The highest BCUT2D eigenvalue weighted by atomic mass is 31.2. The summed E-state index contributed by atoms with van der Waals surface area (Å²) in [5.74, 6) is -0.556. The van der Waals surface area contributed by atoms with Crippen LogP contribution in [0.2, 0.25) is 0 Å². The third kappa shape index (κ3) is 71.1. The number of ether oxygens (including phenoxy) is 4. The number of unbranched alkanes of at least 4 members (excludes halogenated alkanes) is 47. The third-order valence-electron chi connectivity index (χ3n) is 18.8. The van der Waals surface area contributed by atoms with Crippen LogP contribution in [0.1, 0.15) is 414 Å². The van der Waals surface area contributed by atoms with Crippen molar-refractivity contribution in [3.8, 4) is 0 Å². The molecular formula is C79H154O17P2. The first-order valence-corrected chi connectivity index (χ1v) is 44.0. The molecule has 0 spiro atoms. The maximum Gasteiger partial charge on any atom is 0.472 e. The number of carbonyl (C=O) groups excluding carboxylic acids is 4. The Kier molecular flexibility index (Phi) is 69.3. The van der Waals surface area contributed by atoms with Gasteiger partial charge in [-0.3, -0.25) is 37.3 Å². The Labute approximate surface area is 600 Å². The molecule has 19 heteroatoms. The van der Waals surface area contributed by atoms with Gasteiger partial charge in [-0.2, -0.15) is 0 Å². The molecular weight excluding hydrogens is 1280 g/mol. The number of aliphatic hydroxyl groups excluding tert-OH is 1. The van der Waals surface area contributed by atoms with E-state index in [1.54, 1.807) is 0 Å². The lowest BCUT2D eigenvalue weighted by molar-refractivity contribution is -0.161. The molecule has 0 saturated carbocycles. The number of esters is 4. The van der Waals surface area contributed by atoms with Crippen molar-refractivity contribution < 1.29 is 80.2 Å². The van der Waals surface area contributed by atoms with E-state index in [2.05, 4.69) is 41.5 Å². The molecule has 0 saturated heterocycles. The van der Waals surface area contributed by atoms with E-state index < -0.39 is 97.5 Å². The molecule has 3 unspecified atom stereocenters. The molecule has 98 heavy (non-hydrogen) atoms. The molecule has 3 N–H and O–H groups in total. The normalized spacial score (nSPS) is 14.2. The summed E-state index contributed by atoms with van der Waals surface area (Å²) in [7, 11) is -9.91. The van der Waals surface area contributed by atoms with E-state index in [9.17, 15) is 43.2 Å². The van der Waals surface area contributed by atoms with Gasteiger partial charge in [0.25, 0.3) is 0 Å². The van der Waals surface area contributed by atoms with Crippen LogP contribution < -0.4 is 0 Å². The summed E-state index contributed by atoms with van der Waals surface area (Å²) in [6.45, 7) is 9.60. The zero-order chi connectivity index (χ0) is 72.1. The van der Waals surface area contributed by atoms with Gasteiger partial charge in [0.2, 0.25) is 0 Å². The van der Waals surface area contributed by atoms with Gasteiger partial charge in [0.1, 0.15) is 19.3 Å². The van der Waals surface area contributed by atoms with Crippen molar-refractivity contribution in [3.05, 3.63) is 0 Å². The largest absolute Gasteiger partial charge is 0.472 e. The second-order valence-corrected chi connectivity index (χ2v) is 32.1. The number of phosphoric ester groups is 2. The van der Waals surface area contributed by atoms with Crippen molar-refractivity contribution >= 4 is 39.5 Å². The van der Waals surface area contributed by atoms with Crippen LogP contribution in [-0.4, -0.2) is 96.7 Å². The Morgan fingerprint density at radius 3 is 0.776 bits per heavy atom. The van der Waals surface area contributed by atoms with Crippen LogP contribution in [0.4, 0.5) is 0 Å². The third-order valence-corrected chi connectivity index (χ3v) is 20.7. The van der Waals surface area contributed by atoms with E-state index in [-0.39, 0.29) is 25.7 Å². The Morgan fingerprint density at radius 2 is 0.520 bits per heavy atom. The molecule has 0 rings (SSSR count). The molecule has 0 aromatic heterocycles. The summed E-state index contributed by atoms with van der Waals surface area (Å²) in [5, 5.41) is 10.6. The van der Waals surface area contributed by atoms with E-state index in [1.807, 2.05) is 0 Å². The highest BCUT2D eigenvalue weighted by Crippen LogP contribution is 2.45. The van der Waals surface area contributed by atoms with Crippen molar-refractivity contribution in [1.29, 1.82) is 0 Å². The Bertz CT molecular complexity index is 1890. The van der Waals surface area contributed by atoms with Gasteiger partial charge in [-0.25, -0.2) is 9.13 Å². The molecule has 0 aliphatic rings. The van der Waals surface area contributed by atoms with Crippen LogP contribution in [0, 0.1) is 11.8 Å². The highest BCUT2D eigenvalue weighted by Gasteiger charge is 2.30. The lowest BCUT2D eigenvalue weighted by atomic mass is 9.99. The molecule has 0 radical (unpaired) electrons. The lowest BCUT2D eigenvalue weighted by Gasteiger charge is -2.21. The highest BCUT2D eigenvalue weighted by molar-refractivity contribution is 7.47. The monoisotopic (exact) mass is 1440 g/mol. The number of hydrogen-bond acceptors (Lipinski definition) is 15. The average Bonchev–Trinajstić information content (AvgIpc) is 1.01. The number of phosphoric acid groups is 2.